The first-order valence-corrected chi connectivity index (χ1v) is 9.10. The van der Waals surface area contributed by atoms with Gasteiger partial charge in [-0.1, -0.05) is 11.6 Å². The number of pyridine rings is 1. The van der Waals surface area contributed by atoms with E-state index in [1.807, 2.05) is 0 Å². The highest BCUT2D eigenvalue weighted by molar-refractivity contribution is 6.29. The van der Waals surface area contributed by atoms with Crippen molar-refractivity contribution in [3.63, 3.8) is 0 Å². The van der Waals surface area contributed by atoms with Gasteiger partial charge in [-0.2, -0.15) is 4.98 Å². The Kier molecular flexibility index (Phi) is 5.12. The van der Waals surface area contributed by atoms with Gasteiger partial charge in [-0.25, -0.2) is 9.67 Å². The summed E-state index contributed by atoms with van der Waals surface area (Å²) in [5, 5.41) is 7.39. The first kappa shape index (κ1) is 19.8. The Morgan fingerprint density at radius 3 is 2.83 bits per heavy atom. The first-order chi connectivity index (χ1) is 14.3. The maximum absolute atomic E-state index is 13.2. The van der Waals surface area contributed by atoms with Crippen molar-refractivity contribution in [1.82, 2.24) is 19.7 Å². The van der Waals surface area contributed by atoms with Crippen molar-refractivity contribution in [2.75, 3.05) is 11.9 Å². The van der Waals surface area contributed by atoms with Crippen molar-refractivity contribution in [2.45, 2.75) is 19.8 Å². The van der Waals surface area contributed by atoms with Gasteiger partial charge in [0.05, 0.1) is 6.61 Å². The number of alkyl halides is 2. The van der Waals surface area contributed by atoms with Gasteiger partial charge < -0.3 is 19.5 Å². The van der Waals surface area contributed by atoms with Crippen LogP contribution in [-0.2, 0) is 16.1 Å². The molecule has 0 atom stereocenters. The summed E-state index contributed by atoms with van der Waals surface area (Å²) in [5.74, 6) is -0.258. The Morgan fingerprint density at radius 1 is 1.27 bits per heavy atom. The molecule has 30 heavy (non-hydrogen) atoms. The predicted molar refractivity (Wildman–Crippen MR) is 101 cm³/mol. The minimum absolute atomic E-state index is 0.0848. The molecule has 0 fully saturated rings. The van der Waals surface area contributed by atoms with Gasteiger partial charge in [0.2, 0.25) is 5.95 Å². The maximum Gasteiger partial charge on any atom is 0.586 e. The van der Waals surface area contributed by atoms with Crippen LogP contribution in [0.25, 0.3) is 11.4 Å². The molecule has 4 rings (SSSR count). The molecule has 1 aliphatic heterocycles. The van der Waals surface area contributed by atoms with Crippen LogP contribution in [0.3, 0.4) is 0 Å². The van der Waals surface area contributed by atoms with Crippen LogP contribution in [0.15, 0.2) is 36.5 Å². The van der Waals surface area contributed by atoms with Crippen LogP contribution in [0.2, 0.25) is 5.15 Å². The number of hydrogen-bond acceptors (Lipinski definition) is 8. The lowest BCUT2D eigenvalue weighted by atomic mass is 10.2. The fourth-order valence-electron chi connectivity index (χ4n) is 2.75. The van der Waals surface area contributed by atoms with E-state index in [-0.39, 0.29) is 35.8 Å². The molecule has 0 unspecified atom stereocenters. The molecular weight excluding hydrogens is 424 g/mol. The average molecular weight is 438 g/mol. The normalized spacial score (nSPS) is 13.9. The Bertz CT molecular complexity index is 1110. The van der Waals surface area contributed by atoms with E-state index in [0.717, 1.165) is 0 Å². The lowest BCUT2D eigenvalue weighted by molar-refractivity contribution is -0.286. The van der Waals surface area contributed by atoms with Crippen molar-refractivity contribution in [1.29, 1.82) is 0 Å². The number of aromatic nitrogens is 4. The summed E-state index contributed by atoms with van der Waals surface area (Å²) in [6.45, 7) is 1.72. The summed E-state index contributed by atoms with van der Waals surface area (Å²) in [4.78, 5) is 20.2. The molecule has 0 spiro atoms. The number of carbonyl (C=O) groups is 1. The maximum atomic E-state index is 13.2. The van der Waals surface area contributed by atoms with E-state index in [9.17, 15) is 13.6 Å². The van der Waals surface area contributed by atoms with E-state index in [0.29, 0.717) is 17.1 Å². The zero-order valence-corrected chi connectivity index (χ0v) is 16.2. The second-order valence-electron chi connectivity index (χ2n) is 6.04. The van der Waals surface area contributed by atoms with Crippen LogP contribution in [0, 0.1) is 0 Å². The summed E-state index contributed by atoms with van der Waals surface area (Å²) in [7, 11) is 0. The van der Waals surface area contributed by atoms with Crippen LogP contribution in [0.1, 0.15) is 6.92 Å². The van der Waals surface area contributed by atoms with Crippen molar-refractivity contribution in [3.8, 4) is 22.9 Å². The molecule has 1 aliphatic rings. The van der Waals surface area contributed by atoms with E-state index in [4.69, 9.17) is 16.3 Å². The molecule has 12 heteroatoms. The zero-order chi connectivity index (χ0) is 21.3. The Labute approximate surface area is 173 Å². The summed E-state index contributed by atoms with van der Waals surface area (Å²) < 4.78 is 41.5. The standard InChI is InChI=1S/C18H14ClF2N5O4/c1-2-28-15(27)9-26-16(10-5-6-22-14(19)7-10)24-17(25-26)23-11-3-4-12-13(8-11)30-18(20,21)29-12/h3-8H,2,9H2,1H3,(H,23,25). The second kappa shape index (κ2) is 7.75. The fourth-order valence-corrected chi connectivity index (χ4v) is 2.92. The number of anilines is 2. The van der Waals surface area contributed by atoms with E-state index in [1.54, 1.807) is 19.1 Å². The molecule has 0 amide bonds. The van der Waals surface area contributed by atoms with Crippen LogP contribution in [0.5, 0.6) is 11.5 Å². The van der Waals surface area contributed by atoms with E-state index in [2.05, 4.69) is 29.9 Å². The van der Waals surface area contributed by atoms with Gasteiger partial charge in [0.1, 0.15) is 11.7 Å². The predicted octanol–water partition coefficient (Wildman–Crippen LogP) is 3.62. The van der Waals surface area contributed by atoms with Crippen molar-refractivity contribution in [2.24, 2.45) is 0 Å². The van der Waals surface area contributed by atoms with Gasteiger partial charge in [-0.05, 0) is 31.2 Å². The topological polar surface area (TPSA) is 100 Å². The summed E-state index contributed by atoms with van der Waals surface area (Å²) >= 11 is 5.95. The van der Waals surface area contributed by atoms with Crippen LogP contribution < -0.4 is 14.8 Å². The Hall–Kier alpha value is -3.47. The third-order valence-electron chi connectivity index (χ3n) is 3.90. The molecule has 0 aliphatic carbocycles. The van der Waals surface area contributed by atoms with Crippen LogP contribution in [-0.4, -0.2) is 38.6 Å². The molecule has 1 N–H and O–H groups in total. The number of nitrogens with zero attached hydrogens (tertiary/aromatic N) is 4. The number of hydrogen-bond donors (Lipinski definition) is 1. The SMILES string of the molecule is CCOC(=O)Cn1nc(Nc2ccc3c(c2)OC(F)(F)O3)nc1-c1ccnc(Cl)c1. The third-order valence-corrected chi connectivity index (χ3v) is 4.10. The molecule has 0 bridgehead atoms. The number of nitrogens with one attached hydrogen (secondary N) is 1. The third kappa shape index (κ3) is 4.25. The molecule has 3 aromatic rings. The van der Waals surface area contributed by atoms with Crippen molar-refractivity contribution in [3.05, 3.63) is 41.7 Å². The van der Waals surface area contributed by atoms with Gasteiger partial charge in [0, 0.05) is 23.5 Å². The smallest absolute Gasteiger partial charge is 0.465 e. The molecule has 1 aromatic carbocycles. The van der Waals surface area contributed by atoms with Gasteiger partial charge in [0.15, 0.2) is 17.3 Å². The van der Waals surface area contributed by atoms with Crippen molar-refractivity contribution < 1.29 is 27.8 Å². The number of halogens is 3. The highest BCUT2D eigenvalue weighted by Gasteiger charge is 2.43. The number of fused-ring (bicyclic) bond motifs is 1. The Balaban J connectivity index is 1.63. The largest absolute Gasteiger partial charge is 0.586 e. The van der Waals surface area contributed by atoms with Gasteiger partial charge >= 0.3 is 12.3 Å². The molecule has 3 heterocycles. The first-order valence-electron chi connectivity index (χ1n) is 8.72. The average Bonchev–Trinajstić information content (AvgIpc) is 3.20. The van der Waals surface area contributed by atoms with E-state index >= 15 is 0 Å². The number of benzene rings is 1. The lowest BCUT2D eigenvalue weighted by Gasteiger charge is -2.05. The summed E-state index contributed by atoms with van der Waals surface area (Å²) in [6.07, 6.45) is -2.22. The van der Waals surface area contributed by atoms with Crippen molar-refractivity contribution >= 4 is 29.2 Å². The monoisotopic (exact) mass is 437 g/mol. The molecular formula is C18H14ClF2N5O4. The summed E-state index contributed by atoms with van der Waals surface area (Å²) in [5.41, 5.74) is 0.952. The molecule has 9 nitrogen and oxygen atoms in total. The summed E-state index contributed by atoms with van der Waals surface area (Å²) in [6, 6.07) is 7.38. The van der Waals surface area contributed by atoms with Gasteiger partial charge in [0.25, 0.3) is 0 Å². The second-order valence-corrected chi connectivity index (χ2v) is 6.43. The van der Waals surface area contributed by atoms with E-state index < -0.39 is 12.3 Å². The molecule has 156 valence electrons. The van der Waals surface area contributed by atoms with Crippen LogP contribution in [0.4, 0.5) is 20.4 Å². The number of carbonyl (C=O) groups excluding carboxylic acids is 1. The molecule has 2 aromatic heterocycles. The zero-order valence-electron chi connectivity index (χ0n) is 15.4. The van der Waals surface area contributed by atoms with E-state index in [1.165, 1.54) is 29.1 Å². The number of rotatable bonds is 6. The fraction of sp³-hybridized carbons (Fsp3) is 0.222. The molecule has 0 radical (unpaired) electrons. The highest BCUT2D eigenvalue weighted by Crippen LogP contribution is 2.42. The quantitative estimate of drug-likeness (QED) is 0.461. The minimum Gasteiger partial charge on any atom is -0.465 e. The van der Waals surface area contributed by atoms with Gasteiger partial charge in [-0.15, -0.1) is 13.9 Å². The van der Waals surface area contributed by atoms with Gasteiger partial charge in [-0.3, -0.25) is 4.79 Å². The minimum atomic E-state index is -3.71. The number of esters is 1. The molecule has 0 saturated carbocycles. The molecule has 0 saturated heterocycles. The Morgan fingerprint density at radius 2 is 2.07 bits per heavy atom. The lowest BCUT2D eigenvalue weighted by Crippen LogP contribution is -2.25. The van der Waals surface area contributed by atoms with Crippen LogP contribution >= 0.6 is 11.6 Å². The number of ether oxygens (including phenoxy) is 3. The highest BCUT2D eigenvalue weighted by atomic mass is 35.5.